The minimum atomic E-state index is 0.0154. The molecule has 0 spiro atoms. The number of thiophene rings is 1. The van der Waals surface area contributed by atoms with E-state index in [0.29, 0.717) is 12.6 Å². The van der Waals surface area contributed by atoms with E-state index >= 15 is 0 Å². The van der Waals surface area contributed by atoms with Gasteiger partial charge in [0.15, 0.2) is 11.5 Å². The van der Waals surface area contributed by atoms with E-state index in [1.165, 1.54) is 0 Å². The van der Waals surface area contributed by atoms with Crippen LogP contribution in [-0.4, -0.2) is 23.3 Å². The molecule has 0 radical (unpaired) electrons. The van der Waals surface area contributed by atoms with Gasteiger partial charge in [0.2, 0.25) is 6.79 Å². The molecule has 24 heavy (non-hydrogen) atoms. The zero-order valence-electron chi connectivity index (χ0n) is 13.0. The van der Waals surface area contributed by atoms with Crippen molar-refractivity contribution in [1.29, 1.82) is 0 Å². The summed E-state index contributed by atoms with van der Waals surface area (Å²) < 4.78 is 14.0. The van der Waals surface area contributed by atoms with E-state index in [0.717, 1.165) is 45.8 Å². The SMILES string of the molecule is O=C(NC1CC1)c1cc2sccc2n1Cc1ccc2c(c1)OCO2. The average molecular weight is 340 g/mol. The predicted molar refractivity (Wildman–Crippen MR) is 92.0 cm³/mol. The molecule has 3 aromatic rings. The molecular formula is C18H16N2O3S. The van der Waals surface area contributed by atoms with Crippen LogP contribution in [0.5, 0.6) is 11.5 Å². The van der Waals surface area contributed by atoms with Crippen LogP contribution in [0.25, 0.3) is 10.2 Å². The summed E-state index contributed by atoms with van der Waals surface area (Å²) in [6.07, 6.45) is 2.17. The number of ether oxygens (including phenoxy) is 2. The Balaban J connectivity index is 1.52. The second kappa shape index (κ2) is 5.27. The van der Waals surface area contributed by atoms with Crippen LogP contribution in [0, 0.1) is 0 Å². The van der Waals surface area contributed by atoms with Gasteiger partial charge in [-0.2, -0.15) is 0 Å². The fraction of sp³-hybridized carbons (Fsp3) is 0.278. The van der Waals surface area contributed by atoms with Gasteiger partial charge in [0.1, 0.15) is 5.69 Å². The van der Waals surface area contributed by atoms with Crippen LogP contribution in [0.15, 0.2) is 35.7 Å². The maximum absolute atomic E-state index is 12.6. The summed E-state index contributed by atoms with van der Waals surface area (Å²) >= 11 is 1.66. The number of fused-ring (bicyclic) bond motifs is 2. The topological polar surface area (TPSA) is 52.5 Å². The third kappa shape index (κ3) is 2.34. The maximum Gasteiger partial charge on any atom is 0.268 e. The van der Waals surface area contributed by atoms with Crippen molar-refractivity contribution in [2.24, 2.45) is 0 Å². The number of hydrogen-bond acceptors (Lipinski definition) is 4. The molecule has 3 heterocycles. The van der Waals surface area contributed by atoms with Crippen LogP contribution in [0.2, 0.25) is 0 Å². The summed E-state index contributed by atoms with van der Waals surface area (Å²) in [5.74, 6) is 1.56. The first-order chi connectivity index (χ1) is 11.8. The fourth-order valence-corrected chi connectivity index (χ4v) is 3.87. The third-order valence-electron chi connectivity index (χ3n) is 4.45. The summed E-state index contributed by atoms with van der Waals surface area (Å²) in [6, 6.07) is 10.4. The van der Waals surface area contributed by atoms with Crippen LogP contribution in [0.4, 0.5) is 0 Å². The number of carbonyl (C=O) groups is 1. The summed E-state index contributed by atoms with van der Waals surface area (Å²) in [7, 11) is 0. The first-order valence-electron chi connectivity index (χ1n) is 8.04. The smallest absolute Gasteiger partial charge is 0.268 e. The summed E-state index contributed by atoms with van der Waals surface area (Å²) in [5, 5.41) is 5.15. The van der Waals surface area contributed by atoms with Crippen molar-refractivity contribution < 1.29 is 14.3 Å². The quantitative estimate of drug-likeness (QED) is 0.792. The zero-order valence-corrected chi connectivity index (χ0v) is 13.8. The van der Waals surface area contributed by atoms with E-state index in [1.54, 1.807) is 11.3 Å². The molecule has 1 aliphatic heterocycles. The van der Waals surface area contributed by atoms with Crippen LogP contribution in [0.1, 0.15) is 28.9 Å². The van der Waals surface area contributed by atoms with E-state index in [4.69, 9.17) is 9.47 Å². The number of carbonyl (C=O) groups excluding carboxylic acids is 1. The van der Waals surface area contributed by atoms with Crippen LogP contribution in [-0.2, 0) is 6.54 Å². The summed E-state index contributed by atoms with van der Waals surface area (Å²) in [5.41, 5.74) is 2.91. The van der Waals surface area contributed by atoms with Gasteiger partial charge in [0, 0.05) is 12.6 Å². The van der Waals surface area contributed by atoms with Crippen molar-refractivity contribution in [3.63, 3.8) is 0 Å². The Morgan fingerprint density at radius 2 is 2.08 bits per heavy atom. The second-order valence-electron chi connectivity index (χ2n) is 6.22. The van der Waals surface area contributed by atoms with Crippen molar-refractivity contribution >= 4 is 27.5 Å². The molecule has 6 heteroatoms. The summed E-state index contributed by atoms with van der Waals surface area (Å²) in [4.78, 5) is 12.6. The van der Waals surface area contributed by atoms with Gasteiger partial charge < -0.3 is 19.4 Å². The number of nitrogens with one attached hydrogen (secondary N) is 1. The first kappa shape index (κ1) is 13.9. The largest absolute Gasteiger partial charge is 0.454 e. The Kier molecular flexibility index (Phi) is 3.06. The zero-order chi connectivity index (χ0) is 16.1. The molecule has 1 amide bonds. The predicted octanol–water partition coefficient (Wildman–Crippen LogP) is 3.37. The molecule has 1 aliphatic carbocycles. The van der Waals surface area contributed by atoms with Crippen LogP contribution in [0.3, 0.4) is 0 Å². The molecule has 122 valence electrons. The molecule has 0 unspecified atom stereocenters. The third-order valence-corrected chi connectivity index (χ3v) is 5.30. The normalized spacial score (nSPS) is 15.8. The van der Waals surface area contributed by atoms with Crippen LogP contribution < -0.4 is 14.8 Å². The Hall–Kier alpha value is -2.47. The number of hydrogen-bond donors (Lipinski definition) is 1. The molecule has 2 aromatic heterocycles. The van der Waals surface area contributed by atoms with Gasteiger partial charge in [-0.3, -0.25) is 4.79 Å². The number of amides is 1. The number of benzene rings is 1. The highest BCUT2D eigenvalue weighted by Crippen LogP contribution is 2.34. The monoisotopic (exact) mass is 340 g/mol. The highest BCUT2D eigenvalue weighted by Gasteiger charge is 2.26. The Morgan fingerprint density at radius 3 is 2.96 bits per heavy atom. The Bertz CT molecular complexity index is 939. The molecule has 0 bridgehead atoms. The lowest BCUT2D eigenvalue weighted by Gasteiger charge is -2.11. The maximum atomic E-state index is 12.6. The molecule has 2 aliphatic rings. The highest BCUT2D eigenvalue weighted by atomic mass is 32.1. The van der Waals surface area contributed by atoms with Gasteiger partial charge in [0.25, 0.3) is 5.91 Å². The standard InChI is InChI=1S/C18H16N2O3S/c21-18(19-12-2-3-12)14-8-17-13(5-6-24-17)20(14)9-11-1-4-15-16(7-11)23-10-22-15/h1,4-8,12H,2-3,9-10H2,(H,19,21). The van der Waals surface area contributed by atoms with Gasteiger partial charge in [-0.25, -0.2) is 0 Å². The molecule has 0 atom stereocenters. The molecule has 0 saturated heterocycles. The lowest BCUT2D eigenvalue weighted by molar-refractivity contribution is 0.0942. The van der Waals surface area contributed by atoms with E-state index in [2.05, 4.69) is 21.3 Å². The van der Waals surface area contributed by atoms with Crippen molar-refractivity contribution in [3.05, 3.63) is 47.0 Å². The second-order valence-corrected chi connectivity index (χ2v) is 7.17. The van der Waals surface area contributed by atoms with Crippen molar-refractivity contribution in [1.82, 2.24) is 9.88 Å². The molecule has 1 N–H and O–H groups in total. The minimum absolute atomic E-state index is 0.0154. The first-order valence-corrected chi connectivity index (χ1v) is 8.92. The lowest BCUT2D eigenvalue weighted by atomic mass is 10.2. The van der Waals surface area contributed by atoms with E-state index in [-0.39, 0.29) is 12.7 Å². The molecular weight excluding hydrogens is 324 g/mol. The van der Waals surface area contributed by atoms with Gasteiger partial charge in [0.05, 0.1) is 10.2 Å². The molecule has 1 saturated carbocycles. The average Bonchev–Trinajstić information content (AvgIpc) is 3.00. The van der Waals surface area contributed by atoms with E-state index in [1.807, 2.05) is 24.3 Å². The van der Waals surface area contributed by atoms with Crippen molar-refractivity contribution in [2.75, 3.05) is 6.79 Å². The minimum Gasteiger partial charge on any atom is -0.454 e. The molecule has 1 fully saturated rings. The molecule has 5 rings (SSSR count). The van der Waals surface area contributed by atoms with E-state index in [9.17, 15) is 4.79 Å². The van der Waals surface area contributed by atoms with Gasteiger partial charge in [-0.05, 0) is 48.1 Å². The number of rotatable bonds is 4. The lowest BCUT2D eigenvalue weighted by Crippen LogP contribution is -2.27. The van der Waals surface area contributed by atoms with Gasteiger partial charge in [-0.15, -0.1) is 11.3 Å². The highest BCUT2D eigenvalue weighted by molar-refractivity contribution is 7.17. The Morgan fingerprint density at radius 1 is 1.21 bits per heavy atom. The molecule has 1 aromatic carbocycles. The number of nitrogens with zero attached hydrogens (tertiary/aromatic N) is 1. The van der Waals surface area contributed by atoms with Gasteiger partial charge in [-0.1, -0.05) is 6.07 Å². The molecule has 5 nitrogen and oxygen atoms in total. The van der Waals surface area contributed by atoms with Crippen molar-refractivity contribution in [3.8, 4) is 11.5 Å². The Labute approximate surface area is 142 Å². The fourth-order valence-electron chi connectivity index (χ4n) is 3.04. The van der Waals surface area contributed by atoms with Gasteiger partial charge >= 0.3 is 0 Å². The van der Waals surface area contributed by atoms with Crippen molar-refractivity contribution in [2.45, 2.75) is 25.4 Å². The van der Waals surface area contributed by atoms with Crippen LogP contribution >= 0.6 is 11.3 Å². The van der Waals surface area contributed by atoms with E-state index < -0.39 is 0 Å². The summed E-state index contributed by atoms with van der Waals surface area (Å²) in [6.45, 7) is 0.899. The number of aromatic nitrogens is 1.